The molecule has 0 saturated heterocycles. The third-order valence-corrected chi connectivity index (χ3v) is 2.30. The second-order valence-corrected chi connectivity index (χ2v) is 3.77. The number of rotatable bonds is 7. The highest BCUT2D eigenvalue weighted by molar-refractivity contribution is 6.05. The van der Waals surface area contributed by atoms with Gasteiger partial charge in [-0.2, -0.15) is 0 Å². The summed E-state index contributed by atoms with van der Waals surface area (Å²) in [6.07, 6.45) is 0. The number of benzene rings is 1. The first-order valence-corrected chi connectivity index (χ1v) is 5.72. The highest BCUT2D eigenvalue weighted by Gasteiger charge is 2.11. The standard InChI is InChI=1S/C12H16FN3O4/c1-19-4-5-20-7-11(17)15-10-3-2-8(13)6-9(10)12(14)16-18/h2-3,6,18H,4-5,7H2,1H3,(H2,14,16)(H,15,17). The topological polar surface area (TPSA) is 106 Å². The Morgan fingerprint density at radius 2 is 2.25 bits per heavy atom. The zero-order chi connectivity index (χ0) is 15.0. The lowest BCUT2D eigenvalue weighted by atomic mass is 10.1. The van der Waals surface area contributed by atoms with Crippen LogP contribution >= 0.6 is 0 Å². The number of hydrogen-bond acceptors (Lipinski definition) is 5. The summed E-state index contributed by atoms with van der Waals surface area (Å²) in [4.78, 5) is 11.6. The molecule has 1 rings (SSSR count). The number of nitrogens with two attached hydrogens (primary N) is 1. The molecular formula is C12H16FN3O4. The van der Waals surface area contributed by atoms with Crippen LogP contribution in [-0.4, -0.2) is 43.9 Å². The zero-order valence-corrected chi connectivity index (χ0v) is 10.9. The molecule has 0 saturated carbocycles. The fraction of sp³-hybridized carbons (Fsp3) is 0.333. The van der Waals surface area contributed by atoms with Crippen LogP contribution in [0.5, 0.6) is 0 Å². The Bertz CT molecular complexity index is 494. The van der Waals surface area contributed by atoms with E-state index in [0.717, 1.165) is 12.1 Å². The molecule has 0 radical (unpaired) electrons. The number of anilines is 1. The van der Waals surface area contributed by atoms with E-state index in [2.05, 4.69) is 10.5 Å². The second-order valence-electron chi connectivity index (χ2n) is 3.77. The number of hydrogen-bond donors (Lipinski definition) is 3. The molecule has 8 heteroatoms. The predicted molar refractivity (Wildman–Crippen MR) is 70.2 cm³/mol. The Morgan fingerprint density at radius 1 is 1.50 bits per heavy atom. The molecule has 4 N–H and O–H groups in total. The molecule has 0 bridgehead atoms. The summed E-state index contributed by atoms with van der Waals surface area (Å²) in [5.41, 5.74) is 5.72. The minimum Gasteiger partial charge on any atom is -0.409 e. The van der Waals surface area contributed by atoms with Gasteiger partial charge in [0.25, 0.3) is 0 Å². The van der Waals surface area contributed by atoms with Gasteiger partial charge < -0.3 is 25.7 Å². The smallest absolute Gasteiger partial charge is 0.250 e. The van der Waals surface area contributed by atoms with Crippen LogP contribution in [0.15, 0.2) is 23.4 Å². The highest BCUT2D eigenvalue weighted by Crippen LogP contribution is 2.16. The largest absolute Gasteiger partial charge is 0.409 e. The quantitative estimate of drug-likeness (QED) is 0.223. The van der Waals surface area contributed by atoms with Crippen LogP contribution in [0.1, 0.15) is 5.56 Å². The van der Waals surface area contributed by atoms with Crippen molar-refractivity contribution in [3.63, 3.8) is 0 Å². The molecule has 20 heavy (non-hydrogen) atoms. The SMILES string of the molecule is COCCOCC(=O)Nc1ccc(F)cc1/C(N)=N/O. The molecule has 1 aromatic carbocycles. The Kier molecular flexibility index (Phi) is 6.41. The molecular weight excluding hydrogens is 269 g/mol. The van der Waals surface area contributed by atoms with Crippen LogP contribution in [0.25, 0.3) is 0 Å². The molecule has 0 aliphatic rings. The summed E-state index contributed by atoms with van der Waals surface area (Å²) < 4.78 is 22.9. The van der Waals surface area contributed by atoms with Gasteiger partial charge >= 0.3 is 0 Å². The van der Waals surface area contributed by atoms with Crippen LogP contribution < -0.4 is 11.1 Å². The molecule has 7 nitrogen and oxygen atoms in total. The van der Waals surface area contributed by atoms with E-state index in [0.29, 0.717) is 6.61 Å². The van der Waals surface area contributed by atoms with Crippen molar-refractivity contribution in [2.24, 2.45) is 10.9 Å². The van der Waals surface area contributed by atoms with Gasteiger partial charge in [0, 0.05) is 12.7 Å². The Labute approximate surface area is 115 Å². The van der Waals surface area contributed by atoms with E-state index in [4.69, 9.17) is 20.4 Å². The molecule has 0 aromatic heterocycles. The second kappa shape index (κ2) is 8.08. The van der Waals surface area contributed by atoms with Crippen molar-refractivity contribution in [2.75, 3.05) is 32.2 Å². The number of amidine groups is 1. The van der Waals surface area contributed by atoms with Crippen LogP contribution in [-0.2, 0) is 14.3 Å². The van der Waals surface area contributed by atoms with Crippen molar-refractivity contribution >= 4 is 17.4 Å². The lowest BCUT2D eigenvalue weighted by Crippen LogP contribution is -2.23. The minimum atomic E-state index is -0.569. The zero-order valence-electron chi connectivity index (χ0n) is 10.9. The lowest BCUT2D eigenvalue weighted by molar-refractivity contribution is -0.121. The maximum Gasteiger partial charge on any atom is 0.250 e. The number of carbonyl (C=O) groups excluding carboxylic acids is 1. The Hall–Kier alpha value is -2.19. The number of nitrogens with one attached hydrogen (secondary N) is 1. The van der Waals surface area contributed by atoms with Crippen molar-refractivity contribution in [1.29, 1.82) is 0 Å². The summed E-state index contributed by atoms with van der Waals surface area (Å²) >= 11 is 0. The van der Waals surface area contributed by atoms with Crippen LogP contribution in [0.2, 0.25) is 0 Å². The number of halogens is 1. The van der Waals surface area contributed by atoms with Gasteiger partial charge in [-0.3, -0.25) is 4.79 Å². The third kappa shape index (κ3) is 4.82. The predicted octanol–water partition coefficient (Wildman–Crippen LogP) is 0.522. The summed E-state index contributed by atoms with van der Waals surface area (Å²) in [6, 6.07) is 3.52. The van der Waals surface area contributed by atoms with E-state index in [1.54, 1.807) is 0 Å². The highest BCUT2D eigenvalue weighted by atomic mass is 19.1. The van der Waals surface area contributed by atoms with Gasteiger partial charge in [0.15, 0.2) is 5.84 Å². The summed E-state index contributed by atoms with van der Waals surface area (Å²) in [5, 5.41) is 13.9. The molecule has 0 spiro atoms. The van der Waals surface area contributed by atoms with Crippen molar-refractivity contribution in [1.82, 2.24) is 0 Å². The average molecular weight is 285 g/mol. The van der Waals surface area contributed by atoms with Crippen molar-refractivity contribution in [3.05, 3.63) is 29.6 Å². The van der Waals surface area contributed by atoms with E-state index in [-0.39, 0.29) is 30.3 Å². The number of amides is 1. The van der Waals surface area contributed by atoms with Crippen molar-refractivity contribution < 1.29 is 23.9 Å². The number of ether oxygens (including phenoxy) is 2. The summed E-state index contributed by atoms with van der Waals surface area (Å²) in [6.45, 7) is 0.468. The van der Waals surface area contributed by atoms with E-state index in [9.17, 15) is 9.18 Å². The first-order chi connectivity index (χ1) is 9.58. The molecule has 0 unspecified atom stereocenters. The number of methoxy groups -OCH3 is 1. The molecule has 1 amide bonds. The first kappa shape index (κ1) is 15.9. The normalized spacial score (nSPS) is 11.4. The van der Waals surface area contributed by atoms with E-state index in [1.807, 2.05) is 0 Å². The Morgan fingerprint density at radius 3 is 2.90 bits per heavy atom. The third-order valence-electron chi connectivity index (χ3n) is 2.30. The van der Waals surface area contributed by atoms with E-state index in [1.165, 1.54) is 13.2 Å². The van der Waals surface area contributed by atoms with Gasteiger partial charge in [-0.1, -0.05) is 5.16 Å². The molecule has 0 heterocycles. The summed E-state index contributed by atoms with van der Waals surface area (Å²) in [7, 11) is 1.52. The summed E-state index contributed by atoms with van der Waals surface area (Å²) in [5.74, 6) is -1.32. The molecule has 110 valence electrons. The maximum absolute atomic E-state index is 13.1. The van der Waals surface area contributed by atoms with E-state index >= 15 is 0 Å². The number of oxime groups is 1. The molecule has 0 atom stereocenters. The fourth-order valence-corrected chi connectivity index (χ4v) is 1.38. The van der Waals surface area contributed by atoms with Gasteiger partial charge in [0.1, 0.15) is 12.4 Å². The van der Waals surface area contributed by atoms with Gasteiger partial charge in [-0.25, -0.2) is 4.39 Å². The van der Waals surface area contributed by atoms with E-state index < -0.39 is 11.7 Å². The number of nitrogens with zero attached hydrogens (tertiary/aromatic N) is 1. The molecule has 0 aliphatic heterocycles. The van der Waals surface area contributed by atoms with Gasteiger partial charge in [0.05, 0.1) is 18.9 Å². The van der Waals surface area contributed by atoms with Crippen molar-refractivity contribution in [3.8, 4) is 0 Å². The Balaban J connectivity index is 2.69. The van der Waals surface area contributed by atoms with Crippen LogP contribution in [0.4, 0.5) is 10.1 Å². The van der Waals surface area contributed by atoms with Crippen LogP contribution in [0.3, 0.4) is 0 Å². The molecule has 0 aliphatic carbocycles. The van der Waals surface area contributed by atoms with Gasteiger partial charge in [-0.15, -0.1) is 0 Å². The first-order valence-electron chi connectivity index (χ1n) is 5.72. The van der Waals surface area contributed by atoms with Crippen molar-refractivity contribution in [2.45, 2.75) is 0 Å². The maximum atomic E-state index is 13.1. The minimum absolute atomic E-state index is 0.0812. The van der Waals surface area contributed by atoms with Gasteiger partial charge in [-0.05, 0) is 18.2 Å². The van der Waals surface area contributed by atoms with Crippen LogP contribution in [0, 0.1) is 5.82 Å². The average Bonchev–Trinajstić information content (AvgIpc) is 2.44. The lowest BCUT2D eigenvalue weighted by Gasteiger charge is -2.10. The van der Waals surface area contributed by atoms with Gasteiger partial charge in [0.2, 0.25) is 5.91 Å². The monoisotopic (exact) mass is 285 g/mol. The number of carbonyl (C=O) groups is 1. The fourth-order valence-electron chi connectivity index (χ4n) is 1.38. The molecule has 0 fully saturated rings. The molecule has 1 aromatic rings.